The number of nitrogens with one attached hydrogen (secondary N) is 2. The Bertz CT molecular complexity index is 1740. The number of halogens is 2. The van der Waals surface area contributed by atoms with Crippen LogP contribution in [0.1, 0.15) is 48.7 Å². The van der Waals surface area contributed by atoms with Crippen molar-refractivity contribution in [2.45, 2.75) is 57.2 Å². The topological polar surface area (TPSA) is 112 Å². The summed E-state index contributed by atoms with van der Waals surface area (Å²) in [6.07, 6.45) is 4.85. The molecule has 4 aromatic rings. The summed E-state index contributed by atoms with van der Waals surface area (Å²) in [7, 11) is 4.19. The molecule has 2 aliphatic heterocycles. The van der Waals surface area contributed by atoms with Crippen LogP contribution in [-0.4, -0.2) is 82.6 Å². The molecule has 1 atom stereocenters. The van der Waals surface area contributed by atoms with Crippen LogP contribution in [0.3, 0.4) is 0 Å². The minimum Gasteiger partial charge on any atom is -0.397 e. The maximum Gasteiger partial charge on any atom is 0.322 e. The Morgan fingerprint density at radius 3 is 2.50 bits per heavy atom. The van der Waals surface area contributed by atoms with Gasteiger partial charge in [0.1, 0.15) is 5.82 Å². The van der Waals surface area contributed by atoms with E-state index in [1.165, 1.54) is 0 Å². The van der Waals surface area contributed by atoms with Crippen molar-refractivity contribution in [1.29, 1.82) is 0 Å². The van der Waals surface area contributed by atoms with Gasteiger partial charge in [0.15, 0.2) is 0 Å². The van der Waals surface area contributed by atoms with Crippen molar-refractivity contribution in [3.8, 4) is 0 Å². The molecule has 4 amide bonds. The molecule has 12 heteroatoms. The smallest absolute Gasteiger partial charge is 0.322 e. The monoisotopic (exact) mass is 778 g/mol. The fraction of sp³-hybridized carbons (Fsp3) is 0.417. The number of amides is 4. The van der Waals surface area contributed by atoms with Crippen molar-refractivity contribution >= 4 is 66.3 Å². The van der Waals surface area contributed by atoms with Crippen LogP contribution in [-0.2, 0) is 19.4 Å². The average Bonchev–Trinajstić information content (AvgIpc) is 3.35. The second-order valence-corrected chi connectivity index (χ2v) is 14.8. The fourth-order valence-corrected chi connectivity index (χ4v) is 8.13. The Morgan fingerprint density at radius 2 is 1.75 bits per heavy atom. The number of aromatic nitrogens is 2. The Hall–Kier alpha value is -3.61. The molecular formula is C36H44Br2N8O2. The lowest BCUT2D eigenvalue weighted by atomic mass is 10.0. The normalized spacial score (nSPS) is 16.1. The third-order valence-corrected chi connectivity index (χ3v) is 10.8. The number of nitrogens with zero attached hydrogens (tertiary/aromatic N) is 5. The lowest BCUT2D eigenvalue weighted by molar-refractivity contribution is 0.133. The number of nitrogen functional groups attached to an aromatic ring is 1. The number of hydrogen-bond donors (Lipinski definition) is 3. The van der Waals surface area contributed by atoms with Gasteiger partial charge < -0.3 is 35.6 Å². The highest BCUT2D eigenvalue weighted by atomic mass is 79.9. The summed E-state index contributed by atoms with van der Waals surface area (Å²) in [5, 5.41) is 6.47. The zero-order chi connectivity index (χ0) is 33.8. The molecule has 0 bridgehead atoms. The Labute approximate surface area is 299 Å². The Morgan fingerprint density at radius 1 is 1.04 bits per heavy atom. The van der Waals surface area contributed by atoms with E-state index in [1.807, 2.05) is 58.3 Å². The van der Waals surface area contributed by atoms with E-state index in [9.17, 15) is 9.59 Å². The van der Waals surface area contributed by atoms with E-state index in [0.29, 0.717) is 31.7 Å². The fourth-order valence-electron chi connectivity index (χ4n) is 6.85. The van der Waals surface area contributed by atoms with E-state index in [4.69, 9.17) is 10.7 Å². The predicted octanol–water partition coefficient (Wildman–Crippen LogP) is 7.03. The second-order valence-electron chi connectivity index (χ2n) is 13.0. The highest BCUT2D eigenvalue weighted by Crippen LogP contribution is 2.33. The third kappa shape index (κ3) is 7.82. The molecule has 48 heavy (non-hydrogen) atoms. The van der Waals surface area contributed by atoms with E-state index in [-0.39, 0.29) is 24.1 Å². The van der Waals surface area contributed by atoms with Gasteiger partial charge in [-0.3, -0.25) is 0 Å². The van der Waals surface area contributed by atoms with Gasteiger partial charge in [0, 0.05) is 53.3 Å². The summed E-state index contributed by atoms with van der Waals surface area (Å²) >= 11 is 7.20. The number of anilines is 2. The average molecular weight is 781 g/mol. The van der Waals surface area contributed by atoms with Crippen LogP contribution in [0.25, 0.3) is 11.0 Å². The van der Waals surface area contributed by atoms with E-state index < -0.39 is 0 Å². The van der Waals surface area contributed by atoms with Crippen molar-refractivity contribution < 1.29 is 9.59 Å². The predicted molar refractivity (Wildman–Crippen MR) is 199 cm³/mol. The number of carbonyl (C=O) groups excluding carboxylic acids is 2. The van der Waals surface area contributed by atoms with Gasteiger partial charge in [-0.1, -0.05) is 30.3 Å². The SMILES string of the molecule is CN(C)CCCCn1c([C@@H](Cc2cc(Br)c(N)c(Br)c2)NC(=O)N2CCC(N3CCc4ccccc4NC3=O)CC2)nc2ccccc21. The van der Waals surface area contributed by atoms with Crippen molar-refractivity contribution in [3.63, 3.8) is 0 Å². The lowest BCUT2D eigenvalue weighted by Gasteiger charge is -2.38. The molecule has 10 nitrogen and oxygen atoms in total. The van der Waals surface area contributed by atoms with Crippen LogP contribution >= 0.6 is 31.9 Å². The van der Waals surface area contributed by atoms with Gasteiger partial charge in [0.25, 0.3) is 0 Å². The molecule has 1 aromatic heterocycles. The van der Waals surface area contributed by atoms with E-state index in [2.05, 4.69) is 78.2 Å². The number of carbonyl (C=O) groups is 2. The molecule has 1 fully saturated rings. The molecule has 3 aromatic carbocycles. The van der Waals surface area contributed by atoms with Gasteiger partial charge in [-0.2, -0.15) is 0 Å². The number of para-hydroxylation sites is 3. The molecule has 3 heterocycles. The molecule has 0 unspecified atom stereocenters. The Balaban J connectivity index is 1.20. The van der Waals surface area contributed by atoms with E-state index in [0.717, 1.165) is 87.8 Å². The minimum atomic E-state index is -0.381. The van der Waals surface area contributed by atoms with Crippen LogP contribution in [0.2, 0.25) is 0 Å². The summed E-state index contributed by atoms with van der Waals surface area (Å²) in [4.78, 5) is 38.3. The molecule has 0 aliphatic carbocycles. The van der Waals surface area contributed by atoms with Crippen LogP contribution in [0.4, 0.5) is 21.0 Å². The number of aryl methyl sites for hydroxylation is 1. The molecule has 0 saturated carbocycles. The highest BCUT2D eigenvalue weighted by Gasteiger charge is 2.33. The summed E-state index contributed by atoms with van der Waals surface area (Å²) in [6.45, 7) is 3.62. The first kappa shape index (κ1) is 34.3. The lowest BCUT2D eigenvalue weighted by Crippen LogP contribution is -2.52. The maximum absolute atomic E-state index is 14.0. The molecule has 2 aliphatic rings. The summed E-state index contributed by atoms with van der Waals surface area (Å²) in [5.41, 5.74) is 11.9. The summed E-state index contributed by atoms with van der Waals surface area (Å²) < 4.78 is 3.88. The van der Waals surface area contributed by atoms with Gasteiger partial charge in [-0.15, -0.1) is 0 Å². The van der Waals surface area contributed by atoms with Crippen LogP contribution < -0.4 is 16.4 Å². The van der Waals surface area contributed by atoms with Gasteiger partial charge in [0.2, 0.25) is 0 Å². The number of piperidine rings is 1. The Kier molecular flexibility index (Phi) is 10.9. The molecular weight excluding hydrogens is 736 g/mol. The first-order valence-electron chi connectivity index (χ1n) is 16.7. The van der Waals surface area contributed by atoms with Gasteiger partial charge in [-0.25, -0.2) is 14.6 Å². The van der Waals surface area contributed by atoms with Gasteiger partial charge in [0.05, 0.1) is 22.8 Å². The zero-order valence-electron chi connectivity index (χ0n) is 27.6. The number of unbranched alkanes of at least 4 members (excludes halogenated alkanes) is 1. The van der Waals surface area contributed by atoms with Crippen molar-refractivity contribution in [2.75, 3.05) is 51.3 Å². The first-order chi connectivity index (χ1) is 23.2. The summed E-state index contributed by atoms with van der Waals surface area (Å²) in [5.74, 6) is 0.842. The number of benzene rings is 3. The minimum absolute atomic E-state index is 0.0618. The molecule has 4 N–H and O–H groups in total. The largest absolute Gasteiger partial charge is 0.397 e. The number of hydrogen-bond acceptors (Lipinski definition) is 5. The standard InChI is InChI=1S/C36H44Br2N8O2/c1-43(2)16-7-8-17-46-32-12-6-5-11-30(32)40-34(46)31(23-24-21-27(37)33(39)28(38)22-24)42-35(47)44-18-14-26(15-19-44)45-20-13-25-9-3-4-10-29(25)41-36(45)48/h3-6,9-12,21-22,26,31H,7-8,13-20,23,39H2,1-2H3,(H,41,48)(H,42,47)/t31-/m1/s1. The number of likely N-dealkylation sites (tertiary alicyclic amines) is 1. The molecule has 6 rings (SSSR count). The third-order valence-electron chi connectivity index (χ3n) is 9.44. The molecule has 254 valence electrons. The quantitative estimate of drug-likeness (QED) is 0.118. The number of nitrogens with two attached hydrogens (primary N) is 1. The molecule has 1 saturated heterocycles. The van der Waals surface area contributed by atoms with E-state index in [1.54, 1.807) is 0 Å². The van der Waals surface area contributed by atoms with Crippen molar-refractivity contribution in [2.24, 2.45) is 0 Å². The second kappa shape index (κ2) is 15.3. The van der Waals surface area contributed by atoms with E-state index >= 15 is 0 Å². The van der Waals surface area contributed by atoms with Crippen LogP contribution in [0, 0.1) is 0 Å². The number of urea groups is 2. The zero-order valence-corrected chi connectivity index (χ0v) is 30.8. The maximum atomic E-state index is 14.0. The number of rotatable bonds is 10. The van der Waals surface area contributed by atoms with Crippen molar-refractivity contribution in [1.82, 2.24) is 29.6 Å². The van der Waals surface area contributed by atoms with Crippen molar-refractivity contribution in [3.05, 3.63) is 86.6 Å². The number of fused-ring (bicyclic) bond motifs is 2. The highest BCUT2D eigenvalue weighted by molar-refractivity contribution is 9.11. The first-order valence-corrected chi connectivity index (χ1v) is 18.3. The van der Waals surface area contributed by atoms with Crippen LogP contribution in [0.15, 0.2) is 69.6 Å². The molecule has 0 spiro atoms. The van der Waals surface area contributed by atoms with Gasteiger partial charge in [-0.05, 0) is 126 Å². The van der Waals surface area contributed by atoms with Gasteiger partial charge >= 0.3 is 12.1 Å². The number of imidazole rings is 1. The molecule has 0 radical (unpaired) electrons. The summed E-state index contributed by atoms with van der Waals surface area (Å²) in [6, 6.07) is 19.7. The van der Waals surface area contributed by atoms with Crippen LogP contribution in [0.5, 0.6) is 0 Å².